The fourth-order valence-electron chi connectivity index (χ4n) is 1.33. The molecule has 0 aliphatic heterocycles. The molecule has 1 rings (SSSR count). The summed E-state index contributed by atoms with van der Waals surface area (Å²) in [6, 6.07) is 4.09. The largest absolute Gasteiger partial charge is 0.478 e. The number of ketones is 1. The number of alkyl halides is 1. The monoisotopic (exact) mass is 256 g/mol. The molecule has 3 nitrogen and oxygen atoms in total. The fourth-order valence-corrected chi connectivity index (χ4v) is 1.56. The van der Waals surface area contributed by atoms with Crippen molar-refractivity contribution in [3.63, 3.8) is 0 Å². The van der Waals surface area contributed by atoms with Gasteiger partial charge in [-0.3, -0.25) is 4.79 Å². The van der Waals surface area contributed by atoms with Crippen LogP contribution >= 0.6 is 11.6 Å². The lowest BCUT2D eigenvalue weighted by molar-refractivity contribution is -0.131. The van der Waals surface area contributed by atoms with E-state index in [0.717, 1.165) is 6.08 Å². The Balaban J connectivity index is 3.26. The zero-order chi connectivity index (χ0) is 13.0. The second-order valence-corrected chi connectivity index (χ2v) is 3.82. The van der Waals surface area contributed by atoms with Crippen LogP contribution < -0.4 is 0 Å². The van der Waals surface area contributed by atoms with Crippen LogP contribution in [-0.4, -0.2) is 16.9 Å². The molecule has 0 heterocycles. The number of benzene rings is 1. The number of aliphatic carboxylic acids is 1. The van der Waals surface area contributed by atoms with Gasteiger partial charge in [-0.05, 0) is 24.6 Å². The average Bonchev–Trinajstić information content (AvgIpc) is 2.25. The predicted octanol–water partition coefficient (Wildman–Crippen LogP) is 2.79. The molecule has 1 aromatic rings. The maximum Gasteiger partial charge on any atom is 0.328 e. The zero-order valence-electron chi connectivity index (χ0n) is 8.98. The molecule has 0 saturated carbocycles. The summed E-state index contributed by atoms with van der Waals surface area (Å²) in [5, 5.41) is 7.38. The third kappa shape index (κ3) is 3.39. The molecule has 1 N–H and O–H groups in total. The number of carbonyl (C=O) groups excluding carboxylic acids is 1. The molecule has 0 aromatic heterocycles. The Morgan fingerprint density at radius 2 is 2.12 bits per heavy atom. The van der Waals surface area contributed by atoms with Crippen LogP contribution in [0.3, 0.4) is 0 Å². The molecule has 0 amide bonds. The normalized spacial score (nSPS) is 12.6. The van der Waals surface area contributed by atoms with Gasteiger partial charge >= 0.3 is 5.97 Å². The molecule has 0 saturated heterocycles. The van der Waals surface area contributed by atoms with Crippen LogP contribution in [0.25, 0.3) is 6.08 Å². The standard InChI is InChI=1S/C12H10ClFO3/c1-7(15)12(13)11-8(5-6-10(16)17)3-2-4-9(11)14/h2-6,12H,1H3,(H,16,17). The first-order chi connectivity index (χ1) is 7.93. The van der Waals surface area contributed by atoms with E-state index >= 15 is 0 Å². The van der Waals surface area contributed by atoms with Crippen LogP contribution in [0.15, 0.2) is 24.3 Å². The van der Waals surface area contributed by atoms with E-state index in [1.54, 1.807) is 0 Å². The Bertz CT molecular complexity index is 483. The molecule has 0 radical (unpaired) electrons. The molecule has 17 heavy (non-hydrogen) atoms. The van der Waals surface area contributed by atoms with Crippen molar-refractivity contribution >= 4 is 29.4 Å². The Morgan fingerprint density at radius 1 is 1.47 bits per heavy atom. The molecular weight excluding hydrogens is 247 g/mol. The molecule has 90 valence electrons. The minimum absolute atomic E-state index is 0.000772. The van der Waals surface area contributed by atoms with Gasteiger partial charge in [-0.2, -0.15) is 0 Å². The highest BCUT2D eigenvalue weighted by Crippen LogP contribution is 2.28. The molecule has 1 atom stereocenters. The van der Waals surface area contributed by atoms with Gasteiger partial charge < -0.3 is 5.11 Å². The molecule has 0 aliphatic carbocycles. The number of hydrogen-bond acceptors (Lipinski definition) is 2. The van der Waals surface area contributed by atoms with Crippen LogP contribution in [0.2, 0.25) is 0 Å². The van der Waals surface area contributed by atoms with Crippen molar-refractivity contribution in [1.82, 2.24) is 0 Å². The number of carbonyl (C=O) groups is 2. The molecule has 1 unspecified atom stereocenters. The van der Waals surface area contributed by atoms with E-state index in [-0.39, 0.29) is 11.1 Å². The summed E-state index contributed by atoms with van der Waals surface area (Å²) in [7, 11) is 0. The van der Waals surface area contributed by atoms with Crippen molar-refractivity contribution in [2.24, 2.45) is 0 Å². The number of halogens is 2. The SMILES string of the molecule is CC(=O)C(Cl)c1c(F)cccc1C=CC(=O)O. The molecule has 1 aromatic carbocycles. The average molecular weight is 257 g/mol. The highest BCUT2D eigenvalue weighted by atomic mass is 35.5. The van der Waals surface area contributed by atoms with E-state index < -0.39 is 22.9 Å². The van der Waals surface area contributed by atoms with Crippen molar-refractivity contribution in [3.8, 4) is 0 Å². The highest BCUT2D eigenvalue weighted by Gasteiger charge is 2.20. The lowest BCUT2D eigenvalue weighted by Crippen LogP contribution is -2.06. The van der Waals surface area contributed by atoms with Crippen molar-refractivity contribution in [3.05, 3.63) is 41.2 Å². The summed E-state index contributed by atoms with van der Waals surface area (Å²) in [6.07, 6.45) is 2.07. The summed E-state index contributed by atoms with van der Waals surface area (Å²) >= 11 is 5.80. The smallest absolute Gasteiger partial charge is 0.328 e. The number of rotatable bonds is 4. The Morgan fingerprint density at radius 3 is 2.65 bits per heavy atom. The number of hydrogen-bond donors (Lipinski definition) is 1. The second-order valence-electron chi connectivity index (χ2n) is 3.39. The first-order valence-electron chi connectivity index (χ1n) is 4.77. The van der Waals surface area contributed by atoms with E-state index in [2.05, 4.69) is 0 Å². The van der Waals surface area contributed by atoms with Crippen LogP contribution in [-0.2, 0) is 9.59 Å². The van der Waals surface area contributed by atoms with Crippen LogP contribution in [0.4, 0.5) is 4.39 Å². The molecule has 0 fully saturated rings. The van der Waals surface area contributed by atoms with Gasteiger partial charge in [-0.25, -0.2) is 9.18 Å². The van der Waals surface area contributed by atoms with E-state index in [1.165, 1.54) is 31.2 Å². The third-order valence-corrected chi connectivity index (χ3v) is 2.63. The Labute approximate surface area is 103 Å². The lowest BCUT2D eigenvalue weighted by Gasteiger charge is -2.10. The topological polar surface area (TPSA) is 54.4 Å². The Kier molecular flexibility index (Phi) is 4.40. The minimum atomic E-state index is -1.16. The van der Waals surface area contributed by atoms with Gasteiger partial charge in [0.05, 0.1) is 0 Å². The van der Waals surface area contributed by atoms with Crippen molar-refractivity contribution in [2.75, 3.05) is 0 Å². The molecule has 0 bridgehead atoms. The van der Waals surface area contributed by atoms with Gasteiger partial charge in [0.25, 0.3) is 0 Å². The van der Waals surface area contributed by atoms with E-state index in [0.29, 0.717) is 0 Å². The van der Waals surface area contributed by atoms with Gasteiger partial charge in [-0.1, -0.05) is 12.1 Å². The summed E-state index contributed by atoms with van der Waals surface area (Å²) in [4.78, 5) is 21.5. The van der Waals surface area contributed by atoms with Gasteiger partial charge in [0.1, 0.15) is 11.2 Å². The molecule has 0 spiro atoms. The highest BCUT2D eigenvalue weighted by molar-refractivity contribution is 6.31. The second kappa shape index (κ2) is 5.59. The summed E-state index contributed by atoms with van der Waals surface area (Å²) < 4.78 is 13.6. The quantitative estimate of drug-likeness (QED) is 0.666. The van der Waals surface area contributed by atoms with Gasteiger partial charge in [0.2, 0.25) is 0 Å². The summed E-state index contributed by atoms with van der Waals surface area (Å²) in [5.74, 6) is -2.19. The van der Waals surface area contributed by atoms with E-state index in [1.807, 2.05) is 0 Å². The van der Waals surface area contributed by atoms with Crippen molar-refractivity contribution in [1.29, 1.82) is 0 Å². The summed E-state index contributed by atoms with van der Waals surface area (Å²) in [6.45, 7) is 1.24. The van der Waals surface area contributed by atoms with E-state index in [4.69, 9.17) is 16.7 Å². The number of carboxylic acids is 1. The molecular formula is C12H10ClFO3. The lowest BCUT2D eigenvalue weighted by atomic mass is 10.0. The zero-order valence-corrected chi connectivity index (χ0v) is 9.74. The molecule has 0 aliphatic rings. The van der Waals surface area contributed by atoms with Gasteiger partial charge in [-0.15, -0.1) is 11.6 Å². The van der Waals surface area contributed by atoms with Crippen molar-refractivity contribution in [2.45, 2.75) is 12.3 Å². The fraction of sp³-hybridized carbons (Fsp3) is 0.167. The van der Waals surface area contributed by atoms with Crippen molar-refractivity contribution < 1.29 is 19.1 Å². The number of carboxylic acid groups (broad SMARTS) is 1. The van der Waals surface area contributed by atoms with E-state index in [9.17, 15) is 14.0 Å². The first-order valence-corrected chi connectivity index (χ1v) is 5.21. The first kappa shape index (κ1) is 13.4. The minimum Gasteiger partial charge on any atom is -0.478 e. The van der Waals surface area contributed by atoms with Gasteiger partial charge in [0.15, 0.2) is 5.78 Å². The maximum absolute atomic E-state index is 13.6. The van der Waals surface area contributed by atoms with Crippen LogP contribution in [0, 0.1) is 5.82 Å². The number of Topliss-reactive ketones (excluding diaryl/α,β-unsaturated/α-hetero) is 1. The van der Waals surface area contributed by atoms with Crippen LogP contribution in [0.1, 0.15) is 23.4 Å². The molecule has 5 heteroatoms. The van der Waals surface area contributed by atoms with Crippen LogP contribution in [0.5, 0.6) is 0 Å². The Hall–Kier alpha value is -1.68. The van der Waals surface area contributed by atoms with Gasteiger partial charge in [0, 0.05) is 11.6 Å². The predicted molar refractivity (Wildman–Crippen MR) is 62.3 cm³/mol. The summed E-state index contributed by atoms with van der Waals surface area (Å²) in [5.41, 5.74) is 0.279. The maximum atomic E-state index is 13.6. The third-order valence-electron chi connectivity index (χ3n) is 2.10.